The molecular weight excluding hydrogens is 306 g/mol. The van der Waals surface area contributed by atoms with E-state index in [0.717, 1.165) is 11.1 Å². The van der Waals surface area contributed by atoms with E-state index in [1.165, 1.54) is 0 Å². The quantitative estimate of drug-likeness (QED) is 0.847. The zero-order valence-corrected chi connectivity index (χ0v) is 14.5. The molecule has 0 saturated heterocycles. The number of rotatable bonds is 7. The Morgan fingerprint density at radius 1 is 1.08 bits per heavy atom. The summed E-state index contributed by atoms with van der Waals surface area (Å²) in [5.41, 5.74) is 1.93. The third-order valence-corrected chi connectivity index (χ3v) is 3.64. The third-order valence-electron chi connectivity index (χ3n) is 3.64. The van der Waals surface area contributed by atoms with Crippen LogP contribution in [0.2, 0.25) is 0 Å². The van der Waals surface area contributed by atoms with Gasteiger partial charge in [-0.2, -0.15) is 0 Å². The van der Waals surface area contributed by atoms with Gasteiger partial charge in [-0.25, -0.2) is 0 Å². The fraction of sp³-hybridized carbons (Fsp3) is 0.316. The lowest BCUT2D eigenvalue weighted by Gasteiger charge is -2.18. The lowest BCUT2D eigenvalue weighted by atomic mass is 10.1. The average molecular weight is 329 g/mol. The first-order valence-electron chi connectivity index (χ1n) is 7.74. The molecule has 5 heteroatoms. The predicted molar refractivity (Wildman–Crippen MR) is 92.8 cm³/mol. The second kappa shape index (κ2) is 8.24. The van der Waals surface area contributed by atoms with E-state index in [1.54, 1.807) is 14.2 Å². The summed E-state index contributed by atoms with van der Waals surface area (Å²) in [5.74, 6) is 1.89. The second-order valence-corrected chi connectivity index (χ2v) is 5.50. The molecular formula is C19H23NO4. The molecule has 0 bridgehead atoms. The monoisotopic (exact) mass is 329 g/mol. The van der Waals surface area contributed by atoms with Gasteiger partial charge in [0.15, 0.2) is 6.61 Å². The maximum Gasteiger partial charge on any atom is 0.258 e. The van der Waals surface area contributed by atoms with Crippen molar-refractivity contribution < 1.29 is 19.0 Å². The highest BCUT2D eigenvalue weighted by Gasteiger charge is 2.15. The summed E-state index contributed by atoms with van der Waals surface area (Å²) in [4.78, 5) is 12.1. The van der Waals surface area contributed by atoms with E-state index in [1.807, 2.05) is 56.3 Å². The lowest BCUT2D eigenvalue weighted by Crippen LogP contribution is -2.31. The van der Waals surface area contributed by atoms with Crippen molar-refractivity contribution in [2.75, 3.05) is 20.8 Å². The maximum atomic E-state index is 12.1. The fourth-order valence-electron chi connectivity index (χ4n) is 2.39. The molecule has 0 aromatic heterocycles. The van der Waals surface area contributed by atoms with E-state index in [0.29, 0.717) is 17.2 Å². The summed E-state index contributed by atoms with van der Waals surface area (Å²) in [7, 11) is 3.20. The van der Waals surface area contributed by atoms with Gasteiger partial charge >= 0.3 is 0 Å². The Balaban J connectivity index is 1.98. The number of carbonyl (C=O) groups excluding carboxylic acids is 1. The van der Waals surface area contributed by atoms with Crippen molar-refractivity contribution in [3.8, 4) is 17.2 Å². The van der Waals surface area contributed by atoms with Crippen LogP contribution in [-0.2, 0) is 4.79 Å². The third kappa shape index (κ3) is 4.65. The summed E-state index contributed by atoms with van der Waals surface area (Å²) in [6, 6.07) is 12.8. The van der Waals surface area contributed by atoms with Crippen molar-refractivity contribution in [1.82, 2.24) is 5.32 Å². The van der Waals surface area contributed by atoms with E-state index < -0.39 is 0 Å². The normalized spacial score (nSPS) is 11.5. The van der Waals surface area contributed by atoms with E-state index in [4.69, 9.17) is 14.2 Å². The van der Waals surface area contributed by atoms with Crippen molar-refractivity contribution in [3.05, 3.63) is 53.6 Å². The molecule has 2 rings (SSSR count). The molecule has 0 radical (unpaired) electrons. The molecule has 2 aromatic carbocycles. The summed E-state index contributed by atoms with van der Waals surface area (Å²) in [6.45, 7) is 3.83. The van der Waals surface area contributed by atoms with E-state index in [2.05, 4.69) is 5.32 Å². The number of hydrogen-bond donors (Lipinski definition) is 1. The van der Waals surface area contributed by atoms with Gasteiger partial charge in [0.1, 0.15) is 17.2 Å². The molecule has 1 amide bonds. The zero-order valence-electron chi connectivity index (χ0n) is 14.5. The average Bonchev–Trinajstić information content (AvgIpc) is 2.59. The zero-order chi connectivity index (χ0) is 17.5. The molecule has 1 atom stereocenters. The van der Waals surface area contributed by atoms with Crippen LogP contribution in [-0.4, -0.2) is 26.7 Å². The Bertz CT molecular complexity index is 700. The van der Waals surface area contributed by atoms with Crippen LogP contribution in [0.15, 0.2) is 42.5 Å². The van der Waals surface area contributed by atoms with Gasteiger partial charge in [0.25, 0.3) is 5.91 Å². The Kier molecular flexibility index (Phi) is 6.07. The van der Waals surface area contributed by atoms with E-state index >= 15 is 0 Å². The van der Waals surface area contributed by atoms with E-state index in [9.17, 15) is 4.79 Å². The van der Waals surface area contributed by atoms with E-state index in [-0.39, 0.29) is 18.6 Å². The Labute approximate surface area is 142 Å². The number of ether oxygens (including phenoxy) is 3. The molecule has 24 heavy (non-hydrogen) atoms. The number of nitrogens with one attached hydrogen (secondary N) is 1. The summed E-state index contributed by atoms with van der Waals surface area (Å²) in [5, 5.41) is 2.91. The minimum atomic E-state index is -0.233. The van der Waals surface area contributed by atoms with Gasteiger partial charge in [-0.1, -0.05) is 12.1 Å². The minimum Gasteiger partial charge on any atom is -0.497 e. The van der Waals surface area contributed by atoms with Gasteiger partial charge in [-0.15, -0.1) is 0 Å². The van der Waals surface area contributed by atoms with Crippen molar-refractivity contribution in [2.24, 2.45) is 0 Å². The van der Waals surface area contributed by atoms with Crippen LogP contribution in [0.1, 0.15) is 24.1 Å². The Hall–Kier alpha value is -2.69. The molecule has 5 nitrogen and oxygen atoms in total. The number of methoxy groups -OCH3 is 2. The van der Waals surface area contributed by atoms with Crippen molar-refractivity contribution in [2.45, 2.75) is 19.9 Å². The standard InChI is InChI=1S/C19H23NO4/c1-13-6-5-7-16(10-13)24-12-19(21)20-14(2)17-11-15(22-3)8-9-18(17)23-4/h5-11,14H,12H2,1-4H3,(H,20,21)/t14-/m1/s1. The van der Waals surface area contributed by atoms with Crippen LogP contribution >= 0.6 is 0 Å². The van der Waals surface area contributed by atoms with Gasteiger partial charge in [-0.05, 0) is 49.7 Å². The first kappa shape index (κ1) is 17.7. The molecule has 2 aromatic rings. The molecule has 0 heterocycles. The molecule has 0 spiro atoms. The highest BCUT2D eigenvalue weighted by Crippen LogP contribution is 2.29. The highest BCUT2D eigenvalue weighted by molar-refractivity contribution is 5.78. The van der Waals surface area contributed by atoms with Gasteiger partial charge in [0.05, 0.1) is 20.3 Å². The number of amides is 1. The molecule has 1 N–H and O–H groups in total. The van der Waals surface area contributed by atoms with Crippen molar-refractivity contribution in [1.29, 1.82) is 0 Å². The van der Waals surface area contributed by atoms with Gasteiger partial charge in [0, 0.05) is 5.56 Å². The molecule has 0 aliphatic heterocycles. The van der Waals surface area contributed by atoms with Gasteiger partial charge in [-0.3, -0.25) is 4.79 Å². The van der Waals surface area contributed by atoms with Crippen molar-refractivity contribution >= 4 is 5.91 Å². The number of benzene rings is 2. The molecule has 0 saturated carbocycles. The molecule has 0 fully saturated rings. The van der Waals surface area contributed by atoms with Crippen LogP contribution in [0.5, 0.6) is 17.2 Å². The topological polar surface area (TPSA) is 56.8 Å². The van der Waals surface area contributed by atoms with Crippen LogP contribution in [0.4, 0.5) is 0 Å². The SMILES string of the molecule is COc1ccc(OC)c([C@@H](C)NC(=O)COc2cccc(C)c2)c1. The summed E-state index contributed by atoms with van der Waals surface area (Å²) in [6.07, 6.45) is 0. The molecule has 0 unspecified atom stereocenters. The Morgan fingerprint density at radius 2 is 1.88 bits per heavy atom. The lowest BCUT2D eigenvalue weighted by molar-refractivity contribution is -0.123. The first-order chi connectivity index (χ1) is 11.5. The minimum absolute atomic E-state index is 0.0416. The van der Waals surface area contributed by atoms with Crippen LogP contribution < -0.4 is 19.5 Å². The molecule has 128 valence electrons. The maximum absolute atomic E-state index is 12.1. The van der Waals surface area contributed by atoms with Crippen molar-refractivity contribution in [3.63, 3.8) is 0 Å². The summed E-state index contributed by atoms with van der Waals surface area (Å²) < 4.78 is 16.1. The highest BCUT2D eigenvalue weighted by atomic mass is 16.5. The predicted octanol–water partition coefficient (Wildman–Crippen LogP) is 3.27. The molecule has 0 aliphatic carbocycles. The van der Waals surface area contributed by atoms with Gasteiger partial charge < -0.3 is 19.5 Å². The smallest absolute Gasteiger partial charge is 0.258 e. The number of carbonyl (C=O) groups is 1. The second-order valence-electron chi connectivity index (χ2n) is 5.50. The first-order valence-corrected chi connectivity index (χ1v) is 7.74. The van der Waals surface area contributed by atoms with Crippen LogP contribution in [0.3, 0.4) is 0 Å². The number of aryl methyl sites for hydroxylation is 1. The fourth-order valence-corrected chi connectivity index (χ4v) is 2.39. The molecule has 0 aliphatic rings. The summed E-state index contributed by atoms with van der Waals surface area (Å²) >= 11 is 0. The number of hydrogen-bond acceptors (Lipinski definition) is 4. The van der Waals surface area contributed by atoms with Crippen LogP contribution in [0.25, 0.3) is 0 Å². The largest absolute Gasteiger partial charge is 0.497 e. The van der Waals surface area contributed by atoms with Gasteiger partial charge in [0.2, 0.25) is 0 Å². The Morgan fingerprint density at radius 3 is 2.54 bits per heavy atom. The van der Waals surface area contributed by atoms with Crippen LogP contribution in [0, 0.1) is 6.92 Å².